The molecule has 0 N–H and O–H groups in total. The molecule has 1 amide bonds. The van der Waals surface area contributed by atoms with Crippen molar-refractivity contribution in [1.29, 1.82) is 0 Å². The van der Waals surface area contributed by atoms with Crippen LogP contribution >= 0.6 is 11.6 Å². The molecule has 0 aliphatic carbocycles. The van der Waals surface area contributed by atoms with E-state index in [2.05, 4.69) is 4.90 Å². The predicted octanol–water partition coefficient (Wildman–Crippen LogP) is 2.85. The first kappa shape index (κ1) is 22.2. The van der Waals surface area contributed by atoms with Gasteiger partial charge in [0.1, 0.15) is 11.8 Å². The highest BCUT2D eigenvalue weighted by Crippen LogP contribution is 2.31. The molecule has 30 heavy (non-hydrogen) atoms. The zero-order valence-electron chi connectivity index (χ0n) is 17.3. The van der Waals surface area contributed by atoms with Crippen LogP contribution in [0.4, 0.5) is 11.4 Å². The molecule has 3 rings (SSSR count). The third-order valence-corrected chi connectivity index (χ3v) is 6.71. The molecular formula is C21H26ClN3O4S. The van der Waals surface area contributed by atoms with E-state index in [9.17, 15) is 13.2 Å². The highest BCUT2D eigenvalue weighted by atomic mass is 35.5. The van der Waals surface area contributed by atoms with Crippen molar-refractivity contribution in [1.82, 2.24) is 4.90 Å². The molecule has 0 radical (unpaired) electrons. The summed E-state index contributed by atoms with van der Waals surface area (Å²) in [4.78, 5) is 17.1. The van der Waals surface area contributed by atoms with Gasteiger partial charge in [0.15, 0.2) is 0 Å². The number of halogens is 1. The Kier molecular flexibility index (Phi) is 6.77. The van der Waals surface area contributed by atoms with Crippen molar-refractivity contribution in [2.45, 2.75) is 13.0 Å². The number of sulfonamides is 1. The summed E-state index contributed by atoms with van der Waals surface area (Å²) >= 11 is 6.18. The molecule has 2 aromatic rings. The second kappa shape index (κ2) is 9.14. The molecule has 0 aromatic heterocycles. The van der Waals surface area contributed by atoms with Crippen molar-refractivity contribution in [3.05, 3.63) is 53.6 Å². The van der Waals surface area contributed by atoms with Gasteiger partial charge in [-0.3, -0.25) is 9.10 Å². The van der Waals surface area contributed by atoms with Crippen LogP contribution in [-0.2, 0) is 14.8 Å². The normalized spacial score (nSPS) is 15.6. The number of hydrogen-bond donors (Lipinski definition) is 0. The number of benzene rings is 2. The van der Waals surface area contributed by atoms with Crippen molar-refractivity contribution in [2.75, 3.05) is 48.7 Å². The van der Waals surface area contributed by atoms with E-state index < -0.39 is 16.1 Å². The van der Waals surface area contributed by atoms with Gasteiger partial charge >= 0.3 is 0 Å². The van der Waals surface area contributed by atoms with Gasteiger partial charge in [-0.1, -0.05) is 29.8 Å². The molecule has 9 heteroatoms. The summed E-state index contributed by atoms with van der Waals surface area (Å²) in [6, 6.07) is 13.8. The summed E-state index contributed by atoms with van der Waals surface area (Å²) in [6.45, 7) is 4.04. The number of para-hydroxylation sites is 1. The van der Waals surface area contributed by atoms with Crippen LogP contribution in [0.2, 0.25) is 5.02 Å². The molecule has 0 bridgehead atoms. The predicted molar refractivity (Wildman–Crippen MR) is 120 cm³/mol. The Morgan fingerprint density at radius 1 is 1.10 bits per heavy atom. The third kappa shape index (κ3) is 4.82. The molecule has 7 nitrogen and oxygen atoms in total. The number of hydrogen-bond acceptors (Lipinski definition) is 5. The van der Waals surface area contributed by atoms with E-state index in [0.29, 0.717) is 37.6 Å². The van der Waals surface area contributed by atoms with Gasteiger partial charge in [-0.2, -0.15) is 0 Å². The second-order valence-corrected chi connectivity index (χ2v) is 9.47. The highest BCUT2D eigenvalue weighted by molar-refractivity contribution is 7.92. The summed E-state index contributed by atoms with van der Waals surface area (Å²) < 4.78 is 31.3. The first-order valence-corrected chi connectivity index (χ1v) is 11.9. The molecule has 1 aliphatic heterocycles. The minimum atomic E-state index is -3.72. The van der Waals surface area contributed by atoms with Crippen molar-refractivity contribution in [3.63, 3.8) is 0 Å². The van der Waals surface area contributed by atoms with Gasteiger partial charge < -0.3 is 14.5 Å². The minimum absolute atomic E-state index is 0.236. The Balaban J connectivity index is 1.76. The summed E-state index contributed by atoms with van der Waals surface area (Å²) in [6.07, 6.45) is 1.09. The topological polar surface area (TPSA) is 70.2 Å². The lowest BCUT2D eigenvalue weighted by atomic mass is 10.2. The molecule has 0 spiro atoms. The number of carbonyl (C=O) groups is 1. The van der Waals surface area contributed by atoms with Crippen molar-refractivity contribution >= 4 is 38.9 Å². The number of ether oxygens (including phenoxy) is 1. The third-order valence-electron chi connectivity index (χ3n) is 5.17. The molecule has 0 unspecified atom stereocenters. The van der Waals surface area contributed by atoms with Crippen LogP contribution in [-0.4, -0.2) is 64.8 Å². The summed E-state index contributed by atoms with van der Waals surface area (Å²) in [5.74, 6) is 0.199. The molecule has 1 saturated heterocycles. The van der Waals surface area contributed by atoms with Crippen LogP contribution in [0.25, 0.3) is 0 Å². The van der Waals surface area contributed by atoms with Gasteiger partial charge in [-0.15, -0.1) is 0 Å². The lowest BCUT2D eigenvalue weighted by Crippen LogP contribution is -2.55. The Morgan fingerprint density at radius 3 is 2.27 bits per heavy atom. The van der Waals surface area contributed by atoms with Crippen LogP contribution in [0, 0.1) is 0 Å². The van der Waals surface area contributed by atoms with E-state index in [-0.39, 0.29) is 10.9 Å². The first-order chi connectivity index (χ1) is 14.2. The number of nitrogens with zero attached hydrogens (tertiary/aromatic N) is 3. The molecule has 1 fully saturated rings. The molecule has 1 atom stereocenters. The van der Waals surface area contributed by atoms with Crippen molar-refractivity contribution in [3.8, 4) is 5.75 Å². The smallest absolute Gasteiger partial charge is 0.246 e. The first-order valence-electron chi connectivity index (χ1n) is 9.64. The largest absolute Gasteiger partial charge is 0.495 e. The van der Waals surface area contributed by atoms with Crippen LogP contribution < -0.4 is 13.9 Å². The van der Waals surface area contributed by atoms with Gasteiger partial charge in [0, 0.05) is 31.9 Å². The second-order valence-electron chi connectivity index (χ2n) is 7.20. The van der Waals surface area contributed by atoms with Crippen molar-refractivity contribution < 1.29 is 17.9 Å². The molecule has 162 valence electrons. The molecule has 0 saturated carbocycles. The number of rotatable bonds is 6. The van der Waals surface area contributed by atoms with Gasteiger partial charge in [0.05, 0.1) is 24.1 Å². The monoisotopic (exact) mass is 451 g/mol. The van der Waals surface area contributed by atoms with Crippen LogP contribution in [0.5, 0.6) is 5.75 Å². The number of anilines is 2. The zero-order valence-corrected chi connectivity index (χ0v) is 18.9. The van der Waals surface area contributed by atoms with E-state index in [0.717, 1.165) is 16.2 Å². The van der Waals surface area contributed by atoms with Crippen molar-refractivity contribution in [2.24, 2.45) is 0 Å². The van der Waals surface area contributed by atoms with E-state index in [4.69, 9.17) is 16.3 Å². The highest BCUT2D eigenvalue weighted by Gasteiger charge is 2.33. The average Bonchev–Trinajstić information content (AvgIpc) is 2.73. The maximum Gasteiger partial charge on any atom is 0.246 e. The number of piperazine rings is 1. The Morgan fingerprint density at radius 2 is 1.73 bits per heavy atom. The maximum atomic E-state index is 13.2. The number of carbonyl (C=O) groups excluding carboxylic acids is 1. The van der Waals surface area contributed by atoms with E-state index in [1.807, 2.05) is 30.3 Å². The quantitative estimate of drug-likeness (QED) is 0.675. The fourth-order valence-electron chi connectivity index (χ4n) is 3.68. The molecule has 2 aromatic carbocycles. The Hall–Kier alpha value is -2.45. The Bertz CT molecular complexity index is 993. The summed E-state index contributed by atoms with van der Waals surface area (Å²) in [7, 11) is -2.23. The summed E-state index contributed by atoms with van der Waals surface area (Å²) in [5.41, 5.74) is 1.44. The van der Waals surface area contributed by atoms with Crippen LogP contribution in [0.15, 0.2) is 48.5 Å². The average molecular weight is 452 g/mol. The lowest BCUT2D eigenvalue weighted by Gasteiger charge is -2.39. The molecular weight excluding hydrogens is 426 g/mol. The number of amides is 1. The van der Waals surface area contributed by atoms with Crippen LogP contribution in [0.3, 0.4) is 0 Å². The molecule has 1 aliphatic rings. The molecule has 1 heterocycles. The Labute approximate surface area is 182 Å². The standard InChI is InChI=1S/C21H26ClN3O4S/c1-16(25(30(3,27)28)18-9-10-20(29-2)19(22)15-18)21(26)24-13-11-23(12-14-24)17-7-5-4-6-8-17/h4-10,15-16H,11-14H2,1-3H3/t16-/m0/s1. The van der Waals surface area contributed by atoms with E-state index in [1.165, 1.54) is 13.2 Å². The fourth-order valence-corrected chi connectivity index (χ4v) is 5.10. The lowest BCUT2D eigenvalue weighted by molar-refractivity contribution is -0.132. The SMILES string of the molecule is COc1ccc(N([C@@H](C)C(=O)N2CCN(c3ccccc3)CC2)S(C)(=O)=O)cc1Cl. The van der Waals surface area contributed by atoms with Gasteiger partial charge in [0.25, 0.3) is 0 Å². The van der Waals surface area contributed by atoms with Gasteiger partial charge in [-0.25, -0.2) is 8.42 Å². The van der Waals surface area contributed by atoms with E-state index in [1.54, 1.807) is 24.0 Å². The zero-order chi connectivity index (χ0) is 21.9. The van der Waals surface area contributed by atoms with Crippen LogP contribution in [0.1, 0.15) is 6.92 Å². The fraction of sp³-hybridized carbons (Fsp3) is 0.381. The summed E-state index contributed by atoms with van der Waals surface area (Å²) in [5, 5.41) is 0.278. The minimum Gasteiger partial charge on any atom is -0.495 e. The van der Waals surface area contributed by atoms with E-state index >= 15 is 0 Å². The maximum absolute atomic E-state index is 13.2. The number of methoxy groups -OCH3 is 1. The van der Waals surface area contributed by atoms with Gasteiger partial charge in [-0.05, 0) is 37.3 Å². The van der Waals surface area contributed by atoms with Gasteiger partial charge in [0.2, 0.25) is 15.9 Å².